The molecule has 2 aromatic carbocycles. The van der Waals surface area contributed by atoms with Gasteiger partial charge in [-0.15, -0.1) is 0 Å². The molecule has 0 bridgehead atoms. The number of benzene rings is 2. The molecule has 2 fully saturated rings. The topological polar surface area (TPSA) is 171 Å². The van der Waals surface area contributed by atoms with Crippen LogP contribution in [0.4, 0.5) is 42.4 Å². The zero-order valence-electron chi connectivity index (χ0n) is 34.0. The molecular formula is C40H36ClF7N10O5S. The van der Waals surface area contributed by atoms with Crippen molar-refractivity contribution in [1.29, 1.82) is 0 Å². The van der Waals surface area contributed by atoms with Gasteiger partial charge in [-0.05, 0) is 68.1 Å². The van der Waals surface area contributed by atoms with Gasteiger partial charge in [0.1, 0.15) is 35.5 Å². The number of morpholine rings is 1. The molecule has 4 aromatic heterocycles. The van der Waals surface area contributed by atoms with Gasteiger partial charge in [0, 0.05) is 44.1 Å². The number of amides is 1. The van der Waals surface area contributed by atoms with E-state index in [4.69, 9.17) is 26.3 Å². The smallest absolute Gasteiger partial charge is 0.372 e. The van der Waals surface area contributed by atoms with Crippen molar-refractivity contribution in [1.82, 2.24) is 39.4 Å². The summed E-state index contributed by atoms with van der Waals surface area (Å²) < 4.78 is 139. The molecule has 15 nitrogen and oxygen atoms in total. The maximum atomic E-state index is 15.5. The molecule has 0 unspecified atom stereocenters. The Labute approximate surface area is 363 Å². The SMILES string of the molecule is C[C@@H]1CN(c2ccc3c(=O)n(-c4ccc(Cl)c5c(NS(C)(=O)=O)nn(C)c45)c([C@H](Cc4cc(F)cc(F)c4)NC(=O)Cn4nc(C(F)(F)F)c5c4C(F)(F)[C@@H]4C[C@H]54)nc3n2)C[C@H](C)O1. The lowest BCUT2D eigenvalue weighted by Gasteiger charge is -2.36. The first-order valence-corrected chi connectivity index (χ1v) is 22.0. The van der Waals surface area contributed by atoms with E-state index < -0.39 is 93.0 Å². The van der Waals surface area contributed by atoms with Crippen molar-refractivity contribution in [3.63, 3.8) is 0 Å². The first kappa shape index (κ1) is 43.4. The Balaban J connectivity index is 1.25. The Hall–Kier alpha value is -5.81. The minimum atomic E-state index is -5.12. The van der Waals surface area contributed by atoms with Gasteiger partial charge in [-0.3, -0.25) is 28.2 Å². The number of nitrogens with zero attached hydrogens (tertiary/aromatic N) is 8. The number of hydrogen-bond acceptors (Lipinski definition) is 10. The van der Waals surface area contributed by atoms with Crippen LogP contribution in [0, 0.1) is 17.6 Å². The van der Waals surface area contributed by atoms with Crippen LogP contribution in [0.3, 0.4) is 0 Å². The van der Waals surface area contributed by atoms with E-state index in [-0.39, 0.29) is 68.5 Å². The van der Waals surface area contributed by atoms with Crippen molar-refractivity contribution in [2.45, 2.75) is 69.5 Å². The molecule has 1 saturated carbocycles. The second-order valence-corrected chi connectivity index (χ2v) is 18.5. The van der Waals surface area contributed by atoms with Gasteiger partial charge < -0.3 is 15.0 Å². The average Bonchev–Trinajstić information content (AvgIpc) is 3.71. The van der Waals surface area contributed by atoms with Crippen LogP contribution in [0.5, 0.6) is 0 Å². The quantitative estimate of drug-likeness (QED) is 0.153. The van der Waals surface area contributed by atoms with Crippen LogP contribution in [0.2, 0.25) is 5.02 Å². The van der Waals surface area contributed by atoms with Crippen LogP contribution >= 0.6 is 11.6 Å². The number of alkyl halides is 5. The summed E-state index contributed by atoms with van der Waals surface area (Å²) in [6, 6.07) is 6.65. The van der Waals surface area contributed by atoms with E-state index in [1.165, 1.54) is 29.9 Å². The zero-order chi connectivity index (χ0) is 45.9. The number of rotatable bonds is 10. The molecule has 1 aliphatic heterocycles. The van der Waals surface area contributed by atoms with Crippen molar-refractivity contribution in [2.24, 2.45) is 13.0 Å². The average molecular weight is 937 g/mol. The number of sulfonamides is 1. The van der Waals surface area contributed by atoms with E-state index in [9.17, 15) is 35.2 Å². The summed E-state index contributed by atoms with van der Waals surface area (Å²) in [5, 5.41) is 10.3. The van der Waals surface area contributed by atoms with Crippen LogP contribution in [0.1, 0.15) is 60.6 Å². The lowest BCUT2D eigenvalue weighted by atomic mass is 10.0. The van der Waals surface area contributed by atoms with Crippen molar-refractivity contribution < 1.29 is 48.7 Å². The fraction of sp³-hybridized carbons (Fsp3) is 0.400. The Morgan fingerprint density at radius 2 is 1.72 bits per heavy atom. The summed E-state index contributed by atoms with van der Waals surface area (Å²) >= 11 is 6.62. The van der Waals surface area contributed by atoms with Crippen molar-refractivity contribution in [3.05, 3.63) is 97.8 Å². The van der Waals surface area contributed by atoms with Gasteiger partial charge in [0.2, 0.25) is 15.9 Å². The van der Waals surface area contributed by atoms with E-state index in [0.717, 1.165) is 23.0 Å². The number of ether oxygens (including phenoxy) is 1. The molecule has 64 heavy (non-hydrogen) atoms. The lowest BCUT2D eigenvalue weighted by molar-refractivity contribution is -0.142. The minimum Gasteiger partial charge on any atom is -0.372 e. The molecule has 2 aliphatic carbocycles. The highest BCUT2D eigenvalue weighted by atomic mass is 35.5. The number of pyridine rings is 1. The van der Waals surface area contributed by atoms with Crippen LogP contribution < -0.4 is 20.5 Å². The summed E-state index contributed by atoms with van der Waals surface area (Å²) in [7, 11) is -2.51. The normalized spacial score (nSPS) is 21.0. The first-order valence-electron chi connectivity index (χ1n) is 19.8. The summed E-state index contributed by atoms with van der Waals surface area (Å²) in [5.74, 6) is -9.60. The number of hydrogen-bond donors (Lipinski definition) is 2. The monoisotopic (exact) mass is 936 g/mol. The second-order valence-electron chi connectivity index (χ2n) is 16.4. The molecule has 0 spiro atoms. The predicted molar refractivity (Wildman–Crippen MR) is 218 cm³/mol. The molecule has 1 saturated heterocycles. The molecule has 338 valence electrons. The van der Waals surface area contributed by atoms with Gasteiger partial charge in [0.25, 0.3) is 11.5 Å². The highest BCUT2D eigenvalue weighted by Gasteiger charge is 2.68. The highest BCUT2D eigenvalue weighted by molar-refractivity contribution is 7.92. The first-order chi connectivity index (χ1) is 30.0. The van der Waals surface area contributed by atoms with E-state index in [1.807, 2.05) is 18.7 Å². The Kier molecular flexibility index (Phi) is 10.3. The molecule has 24 heteroatoms. The van der Waals surface area contributed by atoms with Gasteiger partial charge >= 0.3 is 6.18 Å². The number of aryl methyl sites for hydroxylation is 1. The fourth-order valence-corrected chi connectivity index (χ4v) is 9.74. The highest BCUT2D eigenvalue weighted by Crippen LogP contribution is 2.68. The molecule has 6 aromatic rings. The molecule has 3 aliphatic rings. The lowest BCUT2D eigenvalue weighted by Crippen LogP contribution is -2.45. The number of halogens is 8. The Morgan fingerprint density at radius 3 is 2.38 bits per heavy atom. The largest absolute Gasteiger partial charge is 0.435 e. The summed E-state index contributed by atoms with van der Waals surface area (Å²) in [6.07, 6.45) is -5.36. The maximum absolute atomic E-state index is 15.5. The number of fused-ring (bicyclic) bond motifs is 5. The maximum Gasteiger partial charge on any atom is 0.435 e. The van der Waals surface area contributed by atoms with Crippen molar-refractivity contribution in [3.8, 4) is 5.69 Å². The van der Waals surface area contributed by atoms with Crippen LogP contribution in [0.25, 0.3) is 27.6 Å². The molecule has 2 N–H and O–H groups in total. The third-order valence-corrected chi connectivity index (χ3v) is 12.3. The standard InChI is InChI=1S/C40H36ClF7N10O5S/c1-17-14-56(15-18(2)63-17)28-8-5-22-35(50-28)51-37(58(38(22)60)27-7-6-25(41)31-32(27)55(3)53-36(31)54-64(4,61)62)26(11-19-9-20(42)12-21(43)10-19)49-29(59)16-57-34-30(33(52-57)40(46,47)48)23-13-24(23)39(34,44)45/h5-10,12,17-18,23-24,26H,11,13-16H2,1-4H3,(H,49,59)(H,53,54)/t17-,18+,23-,24+,26-/m0/s1. The van der Waals surface area contributed by atoms with Crippen molar-refractivity contribution >= 4 is 61.1 Å². The van der Waals surface area contributed by atoms with Crippen LogP contribution in [-0.4, -0.2) is 80.0 Å². The summed E-state index contributed by atoms with van der Waals surface area (Å²) in [4.78, 5) is 40.6. The number of anilines is 2. The zero-order valence-corrected chi connectivity index (χ0v) is 35.6. The molecule has 9 rings (SSSR count). The van der Waals surface area contributed by atoms with Crippen molar-refractivity contribution in [2.75, 3.05) is 29.0 Å². The van der Waals surface area contributed by atoms with Gasteiger partial charge in [0.15, 0.2) is 17.2 Å². The third-order valence-electron chi connectivity index (χ3n) is 11.4. The molecule has 5 heterocycles. The second kappa shape index (κ2) is 15.1. The van der Waals surface area contributed by atoms with Crippen LogP contribution in [0.15, 0.2) is 47.3 Å². The van der Waals surface area contributed by atoms with E-state index in [1.54, 1.807) is 6.07 Å². The predicted octanol–water partition coefficient (Wildman–Crippen LogP) is 6.11. The van der Waals surface area contributed by atoms with Gasteiger partial charge in [-0.1, -0.05) is 11.6 Å². The Morgan fingerprint density at radius 1 is 1.03 bits per heavy atom. The third kappa shape index (κ3) is 7.69. The van der Waals surface area contributed by atoms with E-state index in [0.29, 0.717) is 29.7 Å². The van der Waals surface area contributed by atoms with E-state index in [2.05, 4.69) is 20.2 Å². The Bertz CT molecular complexity index is 3070. The summed E-state index contributed by atoms with van der Waals surface area (Å²) in [6.45, 7) is 3.40. The summed E-state index contributed by atoms with van der Waals surface area (Å²) in [5.41, 5.74) is -4.27. The van der Waals surface area contributed by atoms with Gasteiger partial charge in [-0.2, -0.15) is 32.1 Å². The molecular weight excluding hydrogens is 901 g/mol. The molecule has 0 radical (unpaired) electrons. The number of carbonyl (C=O) groups is 1. The van der Waals surface area contributed by atoms with Crippen LogP contribution in [-0.2, 0) is 51.7 Å². The fourth-order valence-electron chi connectivity index (χ4n) is 9.01. The van der Waals surface area contributed by atoms with Gasteiger partial charge in [-0.25, -0.2) is 27.2 Å². The number of carbonyl (C=O) groups excluding carboxylic acids is 1. The molecule has 1 amide bonds. The van der Waals surface area contributed by atoms with Gasteiger partial charge in [0.05, 0.1) is 51.5 Å². The number of nitrogens with one attached hydrogen (secondary N) is 2. The number of aromatic nitrogens is 7. The minimum absolute atomic E-state index is 0.00105. The van der Waals surface area contributed by atoms with E-state index >= 15 is 13.6 Å². The molecule has 5 atom stereocenters.